The molecular weight excluding hydrogens is 454 g/mol. The standard InChI is InChI=1S/C21H20BrN3O5/c1-4-9-30-20-16(22)10-14(11-18(20)29-3)12-24-25-19(26)13-23-21(27)15-7-5-6-8-17(15)28-2/h1,5-8,10-12H,9,13H2,2-3H3,(H,23,27)(H,25,26). The molecule has 0 saturated carbocycles. The zero-order valence-corrected chi connectivity index (χ0v) is 18.0. The Kier molecular flexibility index (Phi) is 8.72. The number of para-hydroxylation sites is 1. The Morgan fingerprint density at radius 1 is 1.20 bits per heavy atom. The number of hydrogen-bond acceptors (Lipinski definition) is 6. The van der Waals surface area contributed by atoms with Gasteiger partial charge >= 0.3 is 0 Å². The Hall–Kier alpha value is -3.51. The second-order valence-corrected chi connectivity index (χ2v) is 6.56. The predicted molar refractivity (Wildman–Crippen MR) is 116 cm³/mol. The molecule has 0 spiro atoms. The van der Waals surface area contributed by atoms with E-state index in [1.54, 1.807) is 36.4 Å². The monoisotopic (exact) mass is 473 g/mol. The number of halogens is 1. The minimum Gasteiger partial charge on any atom is -0.496 e. The van der Waals surface area contributed by atoms with E-state index in [9.17, 15) is 9.59 Å². The fourth-order valence-corrected chi connectivity index (χ4v) is 2.95. The number of methoxy groups -OCH3 is 2. The summed E-state index contributed by atoms with van der Waals surface area (Å²) in [5.41, 5.74) is 3.32. The summed E-state index contributed by atoms with van der Waals surface area (Å²) in [6.07, 6.45) is 6.64. The van der Waals surface area contributed by atoms with Crippen LogP contribution in [0.2, 0.25) is 0 Å². The van der Waals surface area contributed by atoms with Crippen LogP contribution in [-0.4, -0.2) is 45.4 Å². The number of hydrazone groups is 1. The molecule has 2 aromatic carbocycles. The Bertz CT molecular complexity index is 985. The molecule has 156 valence electrons. The van der Waals surface area contributed by atoms with Gasteiger partial charge in [0, 0.05) is 0 Å². The van der Waals surface area contributed by atoms with E-state index in [1.807, 2.05) is 0 Å². The maximum absolute atomic E-state index is 12.2. The number of ether oxygens (including phenoxy) is 3. The summed E-state index contributed by atoms with van der Waals surface area (Å²) < 4.78 is 16.5. The van der Waals surface area contributed by atoms with Crippen LogP contribution in [0.25, 0.3) is 0 Å². The van der Waals surface area contributed by atoms with Crippen molar-refractivity contribution < 1.29 is 23.8 Å². The van der Waals surface area contributed by atoms with Gasteiger partial charge in [0.05, 0.1) is 37.0 Å². The van der Waals surface area contributed by atoms with Crippen molar-refractivity contribution >= 4 is 34.0 Å². The topological polar surface area (TPSA) is 98.2 Å². The van der Waals surface area contributed by atoms with E-state index in [0.29, 0.717) is 32.8 Å². The van der Waals surface area contributed by atoms with E-state index in [1.165, 1.54) is 20.4 Å². The van der Waals surface area contributed by atoms with Crippen molar-refractivity contribution in [2.24, 2.45) is 5.10 Å². The van der Waals surface area contributed by atoms with Gasteiger partial charge in [-0.2, -0.15) is 5.10 Å². The smallest absolute Gasteiger partial charge is 0.259 e. The molecule has 9 heteroatoms. The third-order valence-electron chi connectivity index (χ3n) is 3.72. The van der Waals surface area contributed by atoms with Crippen LogP contribution in [0.3, 0.4) is 0 Å². The summed E-state index contributed by atoms with van der Waals surface area (Å²) in [4.78, 5) is 24.1. The van der Waals surface area contributed by atoms with Crippen molar-refractivity contribution in [3.63, 3.8) is 0 Å². The van der Waals surface area contributed by atoms with Crippen LogP contribution >= 0.6 is 15.9 Å². The molecule has 0 fully saturated rings. The van der Waals surface area contributed by atoms with Crippen LogP contribution in [0.1, 0.15) is 15.9 Å². The van der Waals surface area contributed by atoms with Crippen molar-refractivity contribution in [2.45, 2.75) is 0 Å². The maximum Gasteiger partial charge on any atom is 0.259 e. The van der Waals surface area contributed by atoms with E-state index < -0.39 is 11.8 Å². The average Bonchev–Trinajstić information content (AvgIpc) is 2.76. The zero-order valence-electron chi connectivity index (χ0n) is 16.4. The lowest BCUT2D eigenvalue weighted by Gasteiger charge is -2.11. The first-order valence-corrected chi connectivity index (χ1v) is 9.46. The summed E-state index contributed by atoms with van der Waals surface area (Å²) in [5.74, 6) is 2.81. The normalized spacial score (nSPS) is 10.2. The summed E-state index contributed by atoms with van der Waals surface area (Å²) in [7, 11) is 2.96. The molecule has 0 aromatic heterocycles. The van der Waals surface area contributed by atoms with Gasteiger partial charge in [0.2, 0.25) is 0 Å². The summed E-state index contributed by atoms with van der Waals surface area (Å²) in [6, 6.07) is 10.1. The number of hydrogen-bond donors (Lipinski definition) is 2. The third-order valence-corrected chi connectivity index (χ3v) is 4.30. The van der Waals surface area contributed by atoms with E-state index in [2.05, 4.69) is 37.7 Å². The highest BCUT2D eigenvalue weighted by molar-refractivity contribution is 9.10. The second-order valence-electron chi connectivity index (χ2n) is 5.70. The summed E-state index contributed by atoms with van der Waals surface area (Å²) in [6.45, 7) is -0.154. The molecule has 8 nitrogen and oxygen atoms in total. The molecule has 2 N–H and O–H groups in total. The Labute approximate surface area is 182 Å². The lowest BCUT2D eigenvalue weighted by atomic mass is 10.2. The first kappa shape index (κ1) is 22.8. The molecule has 0 heterocycles. The van der Waals surface area contributed by atoms with E-state index in [0.717, 1.165) is 0 Å². The Morgan fingerprint density at radius 2 is 1.93 bits per heavy atom. The molecule has 2 rings (SSSR count). The molecule has 0 atom stereocenters. The van der Waals surface area contributed by atoms with E-state index >= 15 is 0 Å². The summed E-state index contributed by atoms with van der Waals surface area (Å²) >= 11 is 3.38. The van der Waals surface area contributed by atoms with Crippen LogP contribution in [0.4, 0.5) is 0 Å². The molecule has 0 aliphatic heterocycles. The van der Waals surface area contributed by atoms with Gasteiger partial charge in [0.1, 0.15) is 12.4 Å². The lowest BCUT2D eigenvalue weighted by Crippen LogP contribution is -2.35. The minimum atomic E-state index is -0.491. The molecule has 30 heavy (non-hydrogen) atoms. The molecule has 2 aromatic rings. The molecule has 0 radical (unpaired) electrons. The fourth-order valence-electron chi connectivity index (χ4n) is 2.37. The first-order chi connectivity index (χ1) is 14.5. The molecule has 0 aliphatic rings. The summed E-state index contributed by atoms with van der Waals surface area (Å²) in [5, 5.41) is 6.40. The molecule has 0 bridgehead atoms. The van der Waals surface area contributed by atoms with Crippen molar-refractivity contribution in [1.29, 1.82) is 0 Å². The Balaban J connectivity index is 1.93. The van der Waals surface area contributed by atoms with Crippen LogP contribution < -0.4 is 25.0 Å². The van der Waals surface area contributed by atoms with Crippen LogP contribution in [0, 0.1) is 12.3 Å². The lowest BCUT2D eigenvalue weighted by molar-refractivity contribution is -0.120. The maximum atomic E-state index is 12.2. The van der Waals surface area contributed by atoms with Gasteiger partial charge in [0.15, 0.2) is 11.5 Å². The number of nitrogens with one attached hydrogen (secondary N) is 2. The number of benzene rings is 2. The first-order valence-electron chi connectivity index (χ1n) is 8.67. The number of carbonyl (C=O) groups is 2. The van der Waals surface area contributed by atoms with Gasteiger partial charge in [-0.3, -0.25) is 9.59 Å². The van der Waals surface area contributed by atoms with Crippen LogP contribution in [0.5, 0.6) is 17.2 Å². The largest absolute Gasteiger partial charge is 0.496 e. The molecule has 2 amide bonds. The molecule has 0 unspecified atom stereocenters. The molecule has 0 aliphatic carbocycles. The van der Waals surface area contributed by atoms with Crippen LogP contribution in [-0.2, 0) is 4.79 Å². The number of rotatable bonds is 9. The number of carbonyl (C=O) groups excluding carboxylic acids is 2. The van der Waals surface area contributed by atoms with Gasteiger partial charge < -0.3 is 19.5 Å². The van der Waals surface area contributed by atoms with Gasteiger partial charge in [-0.25, -0.2) is 5.43 Å². The van der Waals surface area contributed by atoms with Crippen molar-refractivity contribution in [1.82, 2.24) is 10.7 Å². The van der Waals surface area contributed by atoms with Gasteiger partial charge in [-0.05, 0) is 45.8 Å². The fraction of sp³-hybridized carbons (Fsp3) is 0.190. The predicted octanol–water partition coefficient (Wildman–Crippen LogP) is 2.36. The SMILES string of the molecule is C#CCOc1c(Br)cc(C=NNC(=O)CNC(=O)c2ccccc2OC)cc1OC. The van der Waals surface area contributed by atoms with Gasteiger partial charge in [-0.1, -0.05) is 18.1 Å². The van der Waals surface area contributed by atoms with E-state index in [4.69, 9.17) is 20.6 Å². The number of nitrogens with zero attached hydrogens (tertiary/aromatic N) is 1. The third kappa shape index (κ3) is 6.25. The van der Waals surface area contributed by atoms with Gasteiger partial charge in [-0.15, -0.1) is 6.42 Å². The average molecular weight is 474 g/mol. The highest BCUT2D eigenvalue weighted by atomic mass is 79.9. The minimum absolute atomic E-state index is 0.0963. The highest BCUT2D eigenvalue weighted by Gasteiger charge is 2.13. The van der Waals surface area contributed by atoms with Gasteiger partial charge in [0.25, 0.3) is 11.8 Å². The van der Waals surface area contributed by atoms with Crippen molar-refractivity contribution in [3.05, 3.63) is 52.0 Å². The van der Waals surface area contributed by atoms with Crippen LogP contribution in [0.15, 0.2) is 46.0 Å². The number of terminal acetylenes is 1. The number of amides is 2. The quantitative estimate of drug-likeness (QED) is 0.331. The Morgan fingerprint density at radius 3 is 2.63 bits per heavy atom. The molecule has 0 saturated heterocycles. The second kappa shape index (κ2) is 11.5. The zero-order chi connectivity index (χ0) is 21.9. The van der Waals surface area contributed by atoms with Crippen molar-refractivity contribution in [3.8, 4) is 29.6 Å². The van der Waals surface area contributed by atoms with E-state index in [-0.39, 0.29) is 13.2 Å². The molecular formula is C21H20BrN3O5. The highest BCUT2D eigenvalue weighted by Crippen LogP contribution is 2.36. The van der Waals surface area contributed by atoms with Crippen molar-refractivity contribution in [2.75, 3.05) is 27.4 Å².